The zero-order chi connectivity index (χ0) is 27.1. The number of carbonyl (C=O) groups is 2. The molecule has 2 saturated heterocycles. The van der Waals surface area contributed by atoms with Crippen molar-refractivity contribution >= 4 is 17.6 Å². The Labute approximate surface area is 224 Å². The second kappa shape index (κ2) is 13.2. The van der Waals surface area contributed by atoms with Gasteiger partial charge in [-0.1, -0.05) is 12.1 Å². The zero-order valence-corrected chi connectivity index (χ0v) is 22.3. The third-order valence-electron chi connectivity index (χ3n) is 7.49. The third-order valence-corrected chi connectivity index (χ3v) is 7.49. The van der Waals surface area contributed by atoms with Crippen LogP contribution in [0.4, 0.5) is 19.3 Å². The molecule has 9 heteroatoms. The highest BCUT2D eigenvalue weighted by Crippen LogP contribution is 2.25. The fourth-order valence-corrected chi connectivity index (χ4v) is 5.64. The summed E-state index contributed by atoms with van der Waals surface area (Å²) < 4.78 is 26.6. The number of anilines is 1. The van der Waals surface area contributed by atoms with E-state index in [1.54, 1.807) is 0 Å². The molecule has 2 aromatic carbocycles. The SMILES string of the molecule is CN(C)CC(=O)N1CC[C@@H](NC(=O)Nc2ccc(F)cc2)[C@H](CN2CCC[C@@H](Cc3ccc(F)cc3)C2)C1. The van der Waals surface area contributed by atoms with Gasteiger partial charge in [0.2, 0.25) is 5.91 Å². The van der Waals surface area contributed by atoms with Crippen molar-refractivity contribution in [3.63, 3.8) is 0 Å². The highest BCUT2D eigenvalue weighted by molar-refractivity contribution is 5.89. The lowest BCUT2D eigenvalue weighted by Crippen LogP contribution is -2.57. The van der Waals surface area contributed by atoms with Gasteiger partial charge < -0.3 is 25.3 Å². The lowest BCUT2D eigenvalue weighted by atomic mass is 9.88. The van der Waals surface area contributed by atoms with Gasteiger partial charge in [-0.15, -0.1) is 0 Å². The summed E-state index contributed by atoms with van der Waals surface area (Å²) in [7, 11) is 3.77. The van der Waals surface area contributed by atoms with Crippen LogP contribution in [0.2, 0.25) is 0 Å². The molecule has 0 radical (unpaired) electrons. The molecule has 2 N–H and O–H groups in total. The number of likely N-dealkylation sites (tertiary alicyclic amines) is 2. The Balaban J connectivity index is 1.39. The topological polar surface area (TPSA) is 67.9 Å². The van der Waals surface area contributed by atoms with Crippen molar-refractivity contribution in [2.75, 3.05) is 58.7 Å². The van der Waals surface area contributed by atoms with E-state index >= 15 is 0 Å². The summed E-state index contributed by atoms with van der Waals surface area (Å²) in [6.45, 7) is 4.25. The smallest absolute Gasteiger partial charge is 0.319 e. The molecule has 0 aliphatic carbocycles. The number of nitrogens with zero attached hydrogens (tertiary/aromatic N) is 3. The summed E-state index contributed by atoms with van der Waals surface area (Å²) in [5, 5.41) is 5.92. The number of rotatable bonds is 8. The van der Waals surface area contributed by atoms with Crippen LogP contribution in [0.15, 0.2) is 48.5 Å². The van der Waals surface area contributed by atoms with Crippen LogP contribution in [0.1, 0.15) is 24.8 Å². The van der Waals surface area contributed by atoms with E-state index in [-0.39, 0.29) is 35.5 Å². The van der Waals surface area contributed by atoms with E-state index in [1.165, 1.54) is 36.4 Å². The van der Waals surface area contributed by atoms with Gasteiger partial charge >= 0.3 is 6.03 Å². The van der Waals surface area contributed by atoms with E-state index in [0.717, 1.165) is 44.5 Å². The molecule has 2 aliphatic heterocycles. The number of hydrogen-bond acceptors (Lipinski definition) is 4. The van der Waals surface area contributed by atoms with Crippen molar-refractivity contribution in [3.05, 3.63) is 65.7 Å². The van der Waals surface area contributed by atoms with Gasteiger partial charge in [-0.2, -0.15) is 0 Å². The first-order chi connectivity index (χ1) is 18.2. The summed E-state index contributed by atoms with van der Waals surface area (Å²) in [4.78, 5) is 31.9. The highest BCUT2D eigenvalue weighted by atomic mass is 19.1. The maximum absolute atomic E-state index is 13.3. The van der Waals surface area contributed by atoms with Gasteiger partial charge in [-0.3, -0.25) is 4.79 Å². The van der Waals surface area contributed by atoms with Gasteiger partial charge in [0.05, 0.1) is 6.54 Å². The first-order valence-corrected chi connectivity index (χ1v) is 13.5. The van der Waals surface area contributed by atoms with Gasteiger partial charge in [0.1, 0.15) is 11.6 Å². The number of urea groups is 1. The molecule has 0 unspecified atom stereocenters. The maximum atomic E-state index is 13.3. The van der Waals surface area contributed by atoms with Crippen molar-refractivity contribution in [3.8, 4) is 0 Å². The third kappa shape index (κ3) is 8.23. The molecule has 3 atom stereocenters. The summed E-state index contributed by atoms with van der Waals surface area (Å²) in [5.41, 5.74) is 1.67. The fraction of sp³-hybridized carbons (Fsp3) is 0.517. The summed E-state index contributed by atoms with van der Waals surface area (Å²) >= 11 is 0. The monoisotopic (exact) mass is 527 g/mol. The molecule has 7 nitrogen and oxygen atoms in total. The number of halogens is 2. The second-order valence-electron chi connectivity index (χ2n) is 10.9. The molecule has 2 aliphatic rings. The molecule has 2 fully saturated rings. The van der Waals surface area contributed by atoms with Crippen molar-refractivity contribution in [2.45, 2.75) is 31.7 Å². The van der Waals surface area contributed by atoms with Gasteiger partial charge in [0.25, 0.3) is 0 Å². The predicted molar refractivity (Wildman–Crippen MR) is 145 cm³/mol. The van der Waals surface area contributed by atoms with Gasteiger partial charge in [0, 0.05) is 43.8 Å². The van der Waals surface area contributed by atoms with E-state index in [2.05, 4.69) is 15.5 Å². The van der Waals surface area contributed by atoms with E-state index in [0.29, 0.717) is 37.7 Å². The summed E-state index contributed by atoms with van der Waals surface area (Å²) in [6.07, 6.45) is 3.81. The first-order valence-electron chi connectivity index (χ1n) is 13.5. The largest absolute Gasteiger partial charge is 0.341 e. The number of carbonyl (C=O) groups excluding carboxylic acids is 2. The summed E-state index contributed by atoms with van der Waals surface area (Å²) in [5.74, 6) is 0.0923. The minimum atomic E-state index is -0.356. The second-order valence-corrected chi connectivity index (χ2v) is 10.9. The first kappa shape index (κ1) is 28.0. The molecule has 0 saturated carbocycles. The molecular formula is C29H39F2N5O2. The Morgan fingerprint density at radius 2 is 1.63 bits per heavy atom. The number of likely N-dealkylation sites (N-methyl/N-ethyl adjacent to an activating group) is 1. The van der Waals surface area contributed by atoms with E-state index in [9.17, 15) is 18.4 Å². The van der Waals surface area contributed by atoms with Crippen LogP contribution in [0, 0.1) is 23.5 Å². The van der Waals surface area contributed by atoms with Crippen molar-refractivity contribution in [2.24, 2.45) is 11.8 Å². The molecule has 0 aromatic heterocycles. The van der Waals surface area contributed by atoms with Crippen molar-refractivity contribution in [1.82, 2.24) is 20.0 Å². The minimum absolute atomic E-state index is 0.0819. The van der Waals surface area contributed by atoms with Crippen LogP contribution in [-0.4, -0.2) is 86.0 Å². The van der Waals surface area contributed by atoms with Gasteiger partial charge in [0.15, 0.2) is 0 Å². The molecule has 206 valence electrons. The zero-order valence-electron chi connectivity index (χ0n) is 22.3. The summed E-state index contributed by atoms with van der Waals surface area (Å²) in [6, 6.07) is 12.0. The lowest BCUT2D eigenvalue weighted by Gasteiger charge is -2.43. The Morgan fingerprint density at radius 3 is 2.32 bits per heavy atom. The number of piperidine rings is 2. The Kier molecular flexibility index (Phi) is 9.69. The van der Waals surface area contributed by atoms with Gasteiger partial charge in [-0.25, -0.2) is 13.6 Å². The highest BCUT2D eigenvalue weighted by Gasteiger charge is 2.34. The van der Waals surface area contributed by atoms with E-state index in [1.807, 2.05) is 36.0 Å². The molecule has 3 amide bonds. The van der Waals surface area contributed by atoms with Crippen LogP contribution in [0.25, 0.3) is 0 Å². The average Bonchev–Trinajstić information content (AvgIpc) is 2.88. The number of amides is 3. The van der Waals surface area contributed by atoms with E-state index in [4.69, 9.17) is 0 Å². The molecule has 2 aromatic rings. The molecule has 0 spiro atoms. The average molecular weight is 528 g/mol. The standard InChI is InChI=1S/C29H39F2N5O2/c1-34(2)20-28(37)36-15-13-27(33-29(38)32-26-11-9-25(31)10-12-26)23(19-36)18-35-14-3-4-22(17-35)16-21-5-7-24(30)8-6-21/h5-12,22-23,27H,3-4,13-20H2,1-2H3,(H2,32,33,38)/t22-,23+,27+/m0/s1. The number of hydrogen-bond donors (Lipinski definition) is 2. The van der Waals surface area contributed by atoms with E-state index < -0.39 is 0 Å². The molecule has 0 bridgehead atoms. The fourth-order valence-electron chi connectivity index (χ4n) is 5.64. The van der Waals surface area contributed by atoms with Crippen LogP contribution in [-0.2, 0) is 11.2 Å². The van der Waals surface area contributed by atoms with Crippen LogP contribution in [0.5, 0.6) is 0 Å². The lowest BCUT2D eigenvalue weighted by molar-refractivity contribution is -0.134. The van der Waals surface area contributed by atoms with Crippen molar-refractivity contribution < 1.29 is 18.4 Å². The van der Waals surface area contributed by atoms with Crippen LogP contribution >= 0.6 is 0 Å². The van der Waals surface area contributed by atoms with Crippen LogP contribution in [0.3, 0.4) is 0 Å². The Hall–Kier alpha value is -3.04. The molecule has 4 rings (SSSR count). The predicted octanol–water partition coefficient (Wildman–Crippen LogP) is 3.82. The Morgan fingerprint density at radius 1 is 0.947 bits per heavy atom. The minimum Gasteiger partial charge on any atom is -0.341 e. The van der Waals surface area contributed by atoms with Crippen LogP contribution < -0.4 is 10.6 Å². The normalized spacial score (nSPS) is 22.3. The van der Waals surface area contributed by atoms with Crippen molar-refractivity contribution in [1.29, 1.82) is 0 Å². The molecular weight excluding hydrogens is 488 g/mol. The number of benzene rings is 2. The quantitative estimate of drug-likeness (QED) is 0.548. The number of nitrogens with one attached hydrogen (secondary N) is 2. The molecule has 2 heterocycles. The maximum Gasteiger partial charge on any atom is 0.319 e. The molecule has 38 heavy (non-hydrogen) atoms. The van der Waals surface area contributed by atoms with Gasteiger partial charge in [-0.05, 0) is 94.2 Å². The Bertz CT molecular complexity index is 1060.